The fourth-order valence-electron chi connectivity index (χ4n) is 3.18. The number of piperazine rings is 1. The second kappa shape index (κ2) is 8.60. The van der Waals surface area contributed by atoms with Gasteiger partial charge < -0.3 is 4.90 Å². The smallest absolute Gasteiger partial charge is 0.324 e. The van der Waals surface area contributed by atoms with Gasteiger partial charge in [-0.05, 0) is 36.1 Å². The van der Waals surface area contributed by atoms with Gasteiger partial charge in [0.1, 0.15) is 0 Å². The van der Waals surface area contributed by atoms with Crippen molar-refractivity contribution in [1.29, 1.82) is 0 Å². The Labute approximate surface area is 174 Å². The van der Waals surface area contributed by atoms with Crippen molar-refractivity contribution in [2.45, 2.75) is 31.1 Å². The summed E-state index contributed by atoms with van der Waals surface area (Å²) < 4.78 is 27.2. The van der Waals surface area contributed by atoms with Gasteiger partial charge in [-0.1, -0.05) is 37.3 Å². The summed E-state index contributed by atoms with van der Waals surface area (Å²) in [7, 11) is -3.62. The second-order valence-electron chi connectivity index (χ2n) is 6.97. The van der Waals surface area contributed by atoms with E-state index in [-0.39, 0.29) is 46.9 Å². The number of hydrogen-bond acceptors (Lipinski definition) is 6. The fraction of sp³-hybridized carbons (Fsp3) is 0.421. The van der Waals surface area contributed by atoms with E-state index in [2.05, 4.69) is 13.8 Å². The Bertz CT molecular complexity index is 993. The molecule has 3 rings (SSSR count). The van der Waals surface area contributed by atoms with Gasteiger partial charge in [-0.2, -0.15) is 4.31 Å². The summed E-state index contributed by atoms with van der Waals surface area (Å²) in [6.45, 7) is 5.05. The molecule has 1 aliphatic heterocycles. The quantitative estimate of drug-likeness (QED) is 0.510. The highest BCUT2D eigenvalue weighted by Crippen LogP contribution is 2.26. The summed E-state index contributed by atoms with van der Waals surface area (Å²) in [6.07, 6.45) is 0.982. The zero-order valence-corrected chi connectivity index (χ0v) is 17.9. The highest BCUT2D eigenvalue weighted by Gasteiger charge is 2.31. The Balaban J connectivity index is 1.66. The maximum atomic E-state index is 12.9. The van der Waals surface area contributed by atoms with Crippen LogP contribution in [-0.4, -0.2) is 54.6 Å². The lowest BCUT2D eigenvalue weighted by Gasteiger charge is -2.33. The average molecular weight is 438 g/mol. The molecule has 8 nitrogen and oxygen atoms in total. The van der Waals surface area contributed by atoms with E-state index < -0.39 is 14.9 Å². The van der Waals surface area contributed by atoms with E-state index in [0.717, 1.165) is 23.3 Å². The van der Waals surface area contributed by atoms with Crippen LogP contribution in [0.3, 0.4) is 0 Å². The molecule has 1 aromatic heterocycles. The summed E-state index contributed by atoms with van der Waals surface area (Å²) in [5.74, 6) is 0.0624. The molecule has 0 spiro atoms. The van der Waals surface area contributed by atoms with Crippen LogP contribution >= 0.6 is 11.3 Å². The van der Waals surface area contributed by atoms with Gasteiger partial charge in [-0.25, -0.2) is 8.42 Å². The topological polar surface area (TPSA) is 101 Å². The second-order valence-corrected chi connectivity index (χ2v) is 9.97. The number of amides is 1. The minimum atomic E-state index is -3.62. The Kier molecular flexibility index (Phi) is 6.35. The molecule has 2 heterocycles. The van der Waals surface area contributed by atoms with Gasteiger partial charge in [0.2, 0.25) is 10.0 Å². The molecule has 1 fully saturated rings. The lowest BCUT2D eigenvalue weighted by Crippen LogP contribution is -2.50. The lowest BCUT2D eigenvalue weighted by molar-refractivity contribution is -0.380. The maximum Gasteiger partial charge on any atom is 0.324 e. The third-order valence-corrected chi connectivity index (χ3v) is 8.15. The predicted octanol–water partition coefficient (Wildman–Crippen LogP) is 3.32. The third-order valence-electron chi connectivity index (χ3n) is 5.21. The number of rotatable bonds is 6. The monoisotopic (exact) mass is 437 g/mol. The van der Waals surface area contributed by atoms with Crippen LogP contribution in [0.1, 0.15) is 41.4 Å². The molecule has 156 valence electrons. The highest BCUT2D eigenvalue weighted by molar-refractivity contribution is 7.89. The molecule has 29 heavy (non-hydrogen) atoms. The van der Waals surface area contributed by atoms with Gasteiger partial charge in [0.05, 0.1) is 14.7 Å². The number of nitro groups is 1. The van der Waals surface area contributed by atoms with E-state index in [1.807, 2.05) is 12.1 Å². The van der Waals surface area contributed by atoms with Crippen molar-refractivity contribution in [2.75, 3.05) is 26.2 Å². The number of nitrogens with zero attached hydrogens (tertiary/aromatic N) is 3. The molecule has 0 saturated carbocycles. The van der Waals surface area contributed by atoms with E-state index in [0.29, 0.717) is 5.92 Å². The van der Waals surface area contributed by atoms with Crippen LogP contribution in [-0.2, 0) is 10.0 Å². The molecule has 0 radical (unpaired) electrons. The predicted molar refractivity (Wildman–Crippen MR) is 111 cm³/mol. The number of sulfonamides is 1. The summed E-state index contributed by atoms with van der Waals surface area (Å²) >= 11 is 0.829. The molecular formula is C19H23N3O5S2. The Morgan fingerprint density at radius 1 is 1.14 bits per heavy atom. The number of carbonyl (C=O) groups is 1. The minimum Gasteiger partial charge on any atom is -0.335 e. The summed E-state index contributed by atoms with van der Waals surface area (Å²) in [4.78, 5) is 24.9. The largest absolute Gasteiger partial charge is 0.335 e. The van der Waals surface area contributed by atoms with Crippen molar-refractivity contribution in [3.05, 3.63) is 57.0 Å². The molecule has 0 aliphatic carbocycles. The van der Waals surface area contributed by atoms with Gasteiger partial charge >= 0.3 is 5.00 Å². The average Bonchev–Trinajstić information content (AvgIpc) is 3.23. The molecule has 0 N–H and O–H groups in total. The summed E-state index contributed by atoms with van der Waals surface area (Å²) in [5, 5.41) is 10.7. The Morgan fingerprint density at radius 2 is 1.76 bits per heavy atom. The summed E-state index contributed by atoms with van der Waals surface area (Å²) in [5.41, 5.74) is 1.10. The Morgan fingerprint density at radius 3 is 2.28 bits per heavy atom. The molecule has 10 heteroatoms. The molecule has 1 unspecified atom stereocenters. The zero-order chi connectivity index (χ0) is 21.2. The van der Waals surface area contributed by atoms with E-state index in [1.165, 1.54) is 21.3 Å². The van der Waals surface area contributed by atoms with E-state index >= 15 is 0 Å². The number of thiophene rings is 1. The normalized spacial score (nSPS) is 16.6. The molecule has 1 amide bonds. The van der Waals surface area contributed by atoms with Crippen molar-refractivity contribution >= 4 is 32.3 Å². The first-order chi connectivity index (χ1) is 13.7. The van der Waals surface area contributed by atoms with Crippen molar-refractivity contribution in [2.24, 2.45) is 0 Å². The van der Waals surface area contributed by atoms with Crippen molar-refractivity contribution in [1.82, 2.24) is 9.21 Å². The van der Waals surface area contributed by atoms with E-state index in [4.69, 9.17) is 0 Å². The lowest BCUT2D eigenvalue weighted by atomic mass is 9.99. The molecular weight excluding hydrogens is 414 g/mol. The van der Waals surface area contributed by atoms with Crippen LogP contribution in [0.2, 0.25) is 0 Å². The summed E-state index contributed by atoms with van der Waals surface area (Å²) in [6, 6.07) is 9.72. The van der Waals surface area contributed by atoms with Crippen molar-refractivity contribution in [3.8, 4) is 0 Å². The van der Waals surface area contributed by atoms with Crippen LogP contribution in [0.15, 0.2) is 41.3 Å². The van der Waals surface area contributed by atoms with Gasteiger partial charge in [0, 0.05) is 32.2 Å². The Hall–Kier alpha value is -2.30. The van der Waals surface area contributed by atoms with Crippen LogP contribution in [0.5, 0.6) is 0 Å². The van der Waals surface area contributed by atoms with E-state index in [1.54, 1.807) is 12.1 Å². The van der Waals surface area contributed by atoms with Crippen molar-refractivity contribution in [3.63, 3.8) is 0 Å². The number of carbonyl (C=O) groups excluding carboxylic acids is 1. The maximum absolute atomic E-state index is 12.9. The first kappa shape index (κ1) is 21.4. The van der Waals surface area contributed by atoms with Crippen LogP contribution < -0.4 is 0 Å². The van der Waals surface area contributed by atoms with Gasteiger partial charge in [-0.3, -0.25) is 14.9 Å². The highest BCUT2D eigenvalue weighted by atomic mass is 32.2. The van der Waals surface area contributed by atoms with Gasteiger partial charge in [0.25, 0.3) is 5.91 Å². The number of hydrogen-bond donors (Lipinski definition) is 0. The molecule has 1 saturated heterocycles. The van der Waals surface area contributed by atoms with Gasteiger partial charge in [-0.15, -0.1) is 0 Å². The van der Waals surface area contributed by atoms with Crippen LogP contribution in [0.25, 0.3) is 0 Å². The molecule has 1 aliphatic rings. The molecule has 2 aromatic rings. The van der Waals surface area contributed by atoms with Crippen LogP contribution in [0, 0.1) is 10.1 Å². The standard InChI is InChI=1S/C19H23N3O5S2/c1-3-14(2)15-4-6-16(7-5-15)29(26,27)21-12-10-20(11-13-21)19(23)17-8-9-18(28-17)22(24)25/h4-9,14H,3,10-13H2,1-2H3. The molecule has 0 bridgehead atoms. The van der Waals surface area contributed by atoms with Gasteiger partial charge in [0.15, 0.2) is 0 Å². The van der Waals surface area contributed by atoms with E-state index in [9.17, 15) is 23.3 Å². The zero-order valence-electron chi connectivity index (χ0n) is 16.3. The minimum absolute atomic E-state index is 0.0876. The third kappa shape index (κ3) is 4.49. The molecule has 1 aromatic carbocycles. The SMILES string of the molecule is CCC(C)c1ccc(S(=O)(=O)N2CCN(C(=O)c3ccc([N+](=O)[O-])s3)CC2)cc1. The van der Waals surface area contributed by atoms with Crippen molar-refractivity contribution < 1.29 is 18.1 Å². The first-order valence-electron chi connectivity index (χ1n) is 9.37. The van der Waals surface area contributed by atoms with Crippen LogP contribution in [0.4, 0.5) is 5.00 Å². The fourth-order valence-corrected chi connectivity index (χ4v) is 5.39. The first-order valence-corrected chi connectivity index (χ1v) is 11.6. The number of benzene rings is 1. The molecule has 1 atom stereocenters.